The predicted molar refractivity (Wildman–Crippen MR) is 190 cm³/mol. The van der Waals surface area contributed by atoms with E-state index in [4.69, 9.17) is 96.5 Å². The van der Waals surface area contributed by atoms with Crippen molar-refractivity contribution in [3.8, 4) is 22.6 Å². The normalized spacial score (nSPS) is 9.35. The third-order valence-corrected chi connectivity index (χ3v) is 7.74. The summed E-state index contributed by atoms with van der Waals surface area (Å²) in [5.41, 5.74) is 6.95. The number of para-hydroxylation sites is 1. The summed E-state index contributed by atoms with van der Waals surface area (Å²) in [5, 5.41) is 16.5. The van der Waals surface area contributed by atoms with Crippen molar-refractivity contribution in [1.29, 1.82) is 0 Å². The quantitative estimate of drug-likeness (QED) is 0.0875. The Hall–Kier alpha value is -6.37. The van der Waals surface area contributed by atoms with Crippen molar-refractivity contribution in [2.24, 2.45) is 0 Å². The maximum Gasteiger partial charge on any atom is 0.294 e. The van der Waals surface area contributed by atoms with Gasteiger partial charge in [-0.25, -0.2) is 19.9 Å². The molecular weight excluding hydrogens is 929 g/mol. The van der Waals surface area contributed by atoms with Gasteiger partial charge >= 0.3 is 0 Å². The number of benzene rings is 2. The maximum atomic E-state index is 12.1. The first-order chi connectivity index (χ1) is 30.3. The van der Waals surface area contributed by atoms with Gasteiger partial charge < -0.3 is 19.7 Å². The number of aryl methyl sites for hydroxylation is 3. The van der Waals surface area contributed by atoms with E-state index in [0.717, 1.165) is 42.4 Å². The highest BCUT2D eigenvalue weighted by atomic mass is 20.0. The number of nitro groups is 1. The largest absolute Gasteiger partial charge is 0.368 e. The molecule has 0 aliphatic carbocycles. The Kier molecular flexibility index (Phi) is 47.4. The second kappa shape index (κ2) is 43.7. The average Bonchev–Trinajstić information content (AvgIpc) is 3.75. The minimum absolute atomic E-state index is 0. The summed E-state index contributed by atoms with van der Waals surface area (Å²) in [7, 11) is 5.83. The number of hydrogen-bond donors (Lipinski definition) is 1. The molecule has 63 heavy (non-hydrogen) atoms. The van der Waals surface area contributed by atoms with E-state index in [-0.39, 0.29) is 15.3 Å². The zero-order chi connectivity index (χ0) is 49.4. The van der Waals surface area contributed by atoms with E-state index < -0.39 is 0 Å². The van der Waals surface area contributed by atoms with Crippen molar-refractivity contribution in [2.45, 2.75) is 26.3 Å². The smallest absolute Gasteiger partial charge is 0.294 e. The summed E-state index contributed by atoms with van der Waals surface area (Å²) < 4.78 is 162. The molecular formula is C31H34F21N9O2. The van der Waals surface area contributed by atoms with Gasteiger partial charge in [0.2, 0.25) is 5.95 Å². The first-order valence-electron chi connectivity index (χ1n) is 15.4. The van der Waals surface area contributed by atoms with E-state index >= 15 is 0 Å². The number of nitrogens with one attached hydrogen (secondary N) is 1. The standard InChI is InChI=1S/C31H33N9O2.10F2.FH/c1-20-16-26(38(4)15-14-37(2)3)27(40(41)42)17-25(20)35-31-34-18-23(30-32-11-7-12-33-30)28(36-31)24-19-39-13-6-9-21-8-5-10-22(24)29(21)39;10*1-2;/h5,7-8,10-12,16-19H,6,9,13-15H2,1-4H3,(H,34,35,36);;;;;;;;;;;1H. The van der Waals surface area contributed by atoms with Crippen molar-refractivity contribution in [2.75, 3.05) is 44.4 Å². The maximum absolute atomic E-state index is 12.1. The molecule has 0 saturated carbocycles. The van der Waals surface area contributed by atoms with Crippen LogP contribution in [-0.4, -0.2) is 68.6 Å². The van der Waals surface area contributed by atoms with Gasteiger partial charge in [0.15, 0.2) is 5.82 Å². The molecule has 362 valence electrons. The summed E-state index contributed by atoms with van der Waals surface area (Å²) in [6, 6.07) is 11.6. The molecule has 5 aromatic rings. The molecule has 0 spiro atoms. The van der Waals surface area contributed by atoms with E-state index in [1.165, 1.54) is 11.1 Å². The number of likely N-dealkylation sites (N-methyl/N-ethyl adjacent to an activating group) is 2. The van der Waals surface area contributed by atoms with Crippen LogP contribution in [0.5, 0.6) is 0 Å². The van der Waals surface area contributed by atoms with Gasteiger partial charge in [0.1, 0.15) is 5.69 Å². The highest BCUT2D eigenvalue weighted by molar-refractivity contribution is 6.00. The Bertz CT molecular complexity index is 1840. The third-order valence-electron chi connectivity index (χ3n) is 7.74. The van der Waals surface area contributed by atoms with Gasteiger partial charge in [-0.3, -0.25) is 14.8 Å². The van der Waals surface area contributed by atoms with Crippen LogP contribution in [0.3, 0.4) is 0 Å². The Balaban J connectivity index is -0.000000342. The van der Waals surface area contributed by atoms with E-state index in [1.54, 1.807) is 30.7 Å². The minimum atomic E-state index is -0.345. The predicted octanol–water partition coefficient (Wildman–Crippen LogP) is 14.0. The van der Waals surface area contributed by atoms with Crippen LogP contribution in [0.15, 0.2) is 61.2 Å². The van der Waals surface area contributed by atoms with Crippen LogP contribution in [0, 0.1) is 17.0 Å². The van der Waals surface area contributed by atoms with E-state index in [1.807, 2.05) is 43.9 Å². The second-order valence-electron chi connectivity index (χ2n) is 10.9. The Morgan fingerprint density at radius 1 is 0.746 bits per heavy atom. The van der Waals surface area contributed by atoms with Crippen LogP contribution in [-0.2, 0) is 13.0 Å². The molecule has 0 saturated heterocycles. The molecule has 6 rings (SSSR count). The summed E-state index contributed by atoms with van der Waals surface area (Å²) in [5.74, 6) is 0.866. The SMILES string of the molecule is Cc1cc(N(C)CCN(C)C)c([N+](=O)[O-])cc1Nc1ncc(-c2ncccn2)c(-c2cn3c4c(cccc24)CCC3)n1.F.FF.FF.FF.FF.FF.FF.FF.FF.FF.FF. The van der Waals surface area contributed by atoms with Gasteiger partial charge in [-0.1, -0.05) is 18.2 Å². The van der Waals surface area contributed by atoms with Crippen molar-refractivity contribution in [3.63, 3.8) is 0 Å². The van der Waals surface area contributed by atoms with Crippen molar-refractivity contribution >= 4 is 33.9 Å². The van der Waals surface area contributed by atoms with Crippen LogP contribution in [0.4, 0.5) is 119 Å². The molecule has 1 N–H and O–H groups in total. The Morgan fingerprint density at radius 2 is 1.29 bits per heavy atom. The molecule has 4 heterocycles. The van der Waals surface area contributed by atoms with Gasteiger partial charge in [-0.2, -0.15) is 0 Å². The molecule has 3 aromatic heterocycles. The number of anilines is 3. The second-order valence-corrected chi connectivity index (χ2v) is 10.9. The lowest BCUT2D eigenvalue weighted by atomic mass is 10.0. The van der Waals surface area contributed by atoms with Crippen LogP contribution in [0.25, 0.3) is 33.5 Å². The molecule has 0 amide bonds. The molecule has 32 heteroatoms. The highest BCUT2D eigenvalue weighted by Crippen LogP contribution is 2.39. The third kappa shape index (κ3) is 20.8. The number of hydrogen-bond acceptors (Lipinski definition) is 9. The topological polar surface area (TPSA) is 118 Å². The Morgan fingerprint density at radius 3 is 1.79 bits per heavy atom. The number of nitro benzene ring substituents is 1. The number of rotatable bonds is 9. The van der Waals surface area contributed by atoms with Crippen molar-refractivity contribution in [3.05, 3.63) is 82.4 Å². The van der Waals surface area contributed by atoms with Gasteiger partial charge in [0, 0.05) is 160 Å². The summed E-state index contributed by atoms with van der Waals surface area (Å²) >= 11 is 0. The number of nitrogens with zero attached hydrogens (tertiary/aromatic N) is 8. The van der Waals surface area contributed by atoms with Gasteiger partial charge in [0.05, 0.1) is 27.4 Å². The molecule has 2 aromatic carbocycles. The van der Waals surface area contributed by atoms with Crippen molar-refractivity contribution in [1.82, 2.24) is 29.4 Å². The summed E-state index contributed by atoms with van der Waals surface area (Å²) in [6.07, 6.45) is 9.41. The lowest BCUT2D eigenvalue weighted by molar-refractivity contribution is -0.384. The fourth-order valence-corrected chi connectivity index (χ4v) is 5.55. The van der Waals surface area contributed by atoms with Crippen molar-refractivity contribution < 1.29 is 101 Å². The summed E-state index contributed by atoms with van der Waals surface area (Å²) in [4.78, 5) is 34.3. The monoisotopic (exact) mass is 963 g/mol. The van der Waals surface area contributed by atoms with Crippen LogP contribution < -0.4 is 10.2 Å². The molecule has 0 bridgehead atoms. The first kappa shape index (κ1) is 68.4. The molecule has 0 unspecified atom stereocenters. The van der Waals surface area contributed by atoms with Gasteiger partial charge in [-0.05, 0) is 57.1 Å². The van der Waals surface area contributed by atoms with Crippen LogP contribution >= 0.6 is 0 Å². The number of halogens is 21. The highest BCUT2D eigenvalue weighted by Gasteiger charge is 2.23. The fourth-order valence-electron chi connectivity index (χ4n) is 5.55. The van der Waals surface area contributed by atoms with Crippen LogP contribution in [0.1, 0.15) is 17.5 Å². The van der Waals surface area contributed by atoms with E-state index in [0.29, 0.717) is 40.9 Å². The zero-order valence-corrected chi connectivity index (χ0v) is 32.2. The molecule has 0 fully saturated rings. The lowest BCUT2D eigenvalue weighted by Gasteiger charge is -2.22. The summed E-state index contributed by atoms with van der Waals surface area (Å²) in [6.45, 7) is 4.30. The number of aromatic nitrogens is 5. The van der Waals surface area contributed by atoms with E-state index in [2.05, 4.69) is 49.2 Å². The zero-order valence-electron chi connectivity index (χ0n) is 32.2. The van der Waals surface area contributed by atoms with E-state index in [9.17, 15) is 10.1 Å². The minimum Gasteiger partial charge on any atom is -0.368 e. The van der Waals surface area contributed by atoms with Gasteiger partial charge in [-0.15, -0.1) is 0 Å². The Labute approximate surface area is 340 Å². The van der Waals surface area contributed by atoms with Gasteiger partial charge in [0.25, 0.3) is 5.69 Å². The molecule has 1 aliphatic rings. The average molecular weight is 964 g/mol. The van der Waals surface area contributed by atoms with Crippen LogP contribution in [0.2, 0.25) is 0 Å². The first-order valence-corrected chi connectivity index (χ1v) is 15.4. The lowest BCUT2D eigenvalue weighted by Crippen LogP contribution is -2.29. The molecule has 11 nitrogen and oxygen atoms in total. The fraction of sp³-hybridized carbons (Fsp3) is 0.290. The molecule has 1 aliphatic heterocycles. The molecule has 0 radical (unpaired) electrons. The molecule has 0 atom stereocenters.